The van der Waals surface area contributed by atoms with E-state index < -0.39 is 5.82 Å². The van der Waals surface area contributed by atoms with Gasteiger partial charge in [-0.2, -0.15) is 5.10 Å². The Bertz CT molecular complexity index is 1380. The van der Waals surface area contributed by atoms with Crippen LogP contribution in [0.1, 0.15) is 5.56 Å². The molecular weight excluding hydrogens is 539 g/mol. The van der Waals surface area contributed by atoms with Crippen LogP contribution < -0.4 is 18.9 Å². The van der Waals surface area contributed by atoms with E-state index in [-0.39, 0.29) is 0 Å². The summed E-state index contributed by atoms with van der Waals surface area (Å²) in [6, 6.07) is 15.5. The number of hydrogen-bond acceptors (Lipinski definition) is 5. The molecule has 3 aromatic carbocycles. The van der Waals surface area contributed by atoms with Gasteiger partial charge in [0.05, 0.1) is 45.2 Å². The number of rotatable bonds is 8. The molecule has 4 rings (SSSR count). The zero-order valence-electron chi connectivity index (χ0n) is 19.6. The van der Waals surface area contributed by atoms with Gasteiger partial charge in [-0.05, 0) is 70.0 Å². The molecule has 9 heteroatoms. The Morgan fingerprint density at radius 3 is 1.94 bits per heavy atom. The first-order valence-electron chi connectivity index (χ1n) is 10.5. The van der Waals surface area contributed by atoms with Crippen LogP contribution in [0.4, 0.5) is 4.39 Å². The lowest BCUT2D eigenvalue weighted by molar-refractivity contribution is 0.355. The smallest absolute Gasteiger partial charge is 0.161 e. The zero-order valence-corrected chi connectivity index (χ0v) is 21.9. The molecule has 0 bridgehead atoms. The third kappa shape index (κ3) is 4.94. The summed E-state index contributed by atoms with van der Waals surface area (Å²) in [7, 11) is 6.34. The van der Waals surface area contributed by atoms with Crippen LogP contribution in [0.15, 0.2) is 59.1 Å². The highest BCUT2D eigenvalue weighted by Crippen LogP contribution is 2.42. The number of halogens is 3. The van der Waals surface area contributed by atoms with Gasteiger partial charge in [-0.1, -0.05) is 17.7 Å². The van der Waals surface area contributed by atoms with Gasteiger partial charge in [0.1, 0.15) is 11.5 Å². The second-order valence-corrected chi connectivity index (χ2v) is 8.74. The standard InChI is InChI=1S/C26H23BrClFN2O4/c1-32-20-9-6-15(11-22(20)34-3)25-24(27)26(16-7-10-21(33-2)23(12-16)35-4)31(30-25)14-17-5-8-18(29)13-19(17)28/h5-13H,14H2,1-4H3. The fourth-order valence-corrected chi connectivity index (χ4v) is 4.76. The Hall–Kier alpha value is -3.23. The van der Waals surface area contributed by atoms with Gasteiger partial charge in [-0.15, -0.1) is 0 Å². The second-order valence-electron chi connectivity index (χ2n) is 7.54. The number of nitrogens with zero attached hydrogens (tertiary/aromatic N) is 2. The van der Waals surface area contributed by atoms with Crippen molar-refractivity contribution in [1.82, 2.24) is 9.78 Å². The van der Waals surface area contributed by atoms with Crippen LogP contribution >= 0.6 is 27.5 Å². The lowest BCUT2D eigenvalue weighted by atomic mass is 10.1. The molecule has 0 aliphatic carbocycles. The summed E-state index contributed by atoms with van der Waals surface area (Å²) in [4.78, 5) is 0. The Labute approximate surface area is 216 Å². The monoisotopic (exact) mass is 560 g/mol. The van der Waals surface area contributed by atoms with Gasteiger partial charge >= 0.3 is 0 Å². The van der Waals surface area contributed by atoms with E-state index in [1.807, 2.05) is 41.1 Å². The summed E-state index contributed by atoms with van der Waals surface area (Å²) in [6.45, 7) is 0.314. The summed E-state index contributed by atoms with van der Waals surface area (Å²) < 4.78 is 38.0. The summed E-state index contributed by atoms with van der Waals surface area (Å²) >= 11 is 10.1. The van der Waals surface area contributed by atoms with Crippen LogP contribution in [-0.2, 0) is 6.54 Å². The SMILES string of the molecule is COc1ccc(-c2nn(Cc3ccc(F)cc3Cl)c(-c3ccc(OC)c(OC)c3)c2Br)cc1OC. The van der Waals surface area contributed by atoms with Crippen molar-refractivity contribution in [2.45, 2.75) is 6.54 Å². The van der Waals surface area contributed by atoms with Crippen molar-refractivity contribution in [1.29, 1.82) is 0 Å². The van der Waals surface area contributed by atoms with Crippen LogP contribution in [0.2, 0.25) is 5.02 Å². The highest BCUT2D eigenvalue weighted by Gasteiger charge is 2.22. The molecular formula is C26H23BrClFN2O4. The molecule has 0 saturated carbocycles. The molecule has 0 N–H and O–H groups in total. The van der Waals surface area contributed by atoms with E-state index in [4.69, 9.17) is 35.6 Å². The van der Waals surface area contributed by atoms with Crippen molar-refractivity contribution in [3.8, 4) is 45.5 Å². The fourth-order valence-electron chi connectivity index (χ4n) is 3.79. The Kier molecular flexibility index (Phi) is 7.52. The summed E-state index contributed by atoms with van der Waals surface area (Å²) in [5.41, 5.74) is 3.86. The van der Waals surface area contributed by atoms with Crippen molar-refractivity contribution < 1.29 is 23.3 Å². The van der Waals surface area contributed by atoms with Crippen LogP contribution in [-0.4, -0.2) is 38.2 Å². The topological polar surface area (TPSA) is 54.7 Å². The van der Waals surface area contributed by atoms with Gasteiger partial charge in [-0.25, -0.2) is 4.39 Å². The summed E-state index contributed by atoms with van der Waals surface area (Å²) in [5.74, 6) is 1.99. The third-order valence-corrected chi connectivity index (χ3v) is 6.65. The van der Waals surface area contributed by atoms with E-state index >= 15 is 0 Å². The van der Waals surface area contributed by atoms with Crippen LogP contribution in [0.25, 0.3) is 22.5 Å². The second kappa shape index (κ2) is 10.6. The van der Waals surface area contributed by atoms with E-state index in [0.29, 0.717) is 40.3 Å². The first-order chi connectivity index (χ1) is 16.9. The largest absolute Gasteiger partial charge is 0.493 e. The average Bonchev–Trinajstić information content (AvgIpc) is 3.20. The molecule has 0 aliphatic rings. The van der Waals surface area contributed by atoms with Gasteiger partial charge < -0.3 is 18.9 Å². The van der Waals surface area contributed by atoms with Crippen LogP contribution in [0.5, 0.6) is 23.0 Å². The predicted molar refractivity (Wildman–Crippen MR) is 138 cm³/mol. The zero-order chi connectivity index (χ0) is 25.1. The average molecular weight is 562 g/mol. The summed E-state index contributed by atoms with van der Waals surface area (Å²) in [5, 5.41) is 5.21. The quantitative estimate of drug-likeness (QED) is 0.235. The maximum atomic E-state index is 13.6. The minimum Gasteiger partial charge on any atom is -0.493 e. The molecule has 1 aromatic heterocycles. The molecule has 0 amide bonds. The molecule has 0 spiro atoms. The Morgan fingerprint density at radius 1 is 0.800 bits per heavy atom. The number of aromatic nitrogens is 2. The molecule has 182 valence electrons. The molecule has 0 radical (unpaired) electrons. The van der Waals surface area contributed by atoms with E-state index in [2.05, 4.69) is 15.9 Å². The first-order valence-corrected chi connectivity index (χ1v) is 11.7. The highest BCUT2D eigenvalue weighted by molar-refractivity contribution is 9.10. The maximum absolute atomic E-state index is 13.6. The van der Waals surface area contributed by atoms with Gasteiger partial charge in [0.2, 0.25) is 0 Å². The molecule has 0 unspecified atom stereocenters. The molecule has 0 saturated heterocycles. The van der Waals surface area contributed by atoms with Gasteiger partial charge in [0.15, 0.2) is 23.0 Å². The minimum absolute atomic E-state index is 0.314. The fraction of sp³-hybridized carbons (Fsp3) is 0.192. The molecule has 0 aliphatic heterocycles. The van der Waals surface area contributed by atoms with E-state index in [0.717, 1.165) is 26.9 Å². The van der Waals surface area contributed by atoms with E-state index in [1.165, 1.54) is 12.1 Å². The van der Waals surface area contributed by atoms with E-state index in [1.54, 1.807) is 34.5 Å². The Morgan fingerprint density at radius 2 is 1.37 bits per heavy atom. The van der Waals surface area contributed by atoms with Crippen LogP contribution in [0, 0.1) is 5.82 Å². The lowest BCUT2D eigenvalue weighted by Crippen LogP contribution is -2.05. The van der Waals surface area contributed by atoms with Crippen molar-refractivity contribution in [3.63, 3.8) is 0 Å². The van der Waals surface area contributed by atoms with Crippen molar-refractivity contribution >= 4 is 27.5 Å². The number of ether oxygens (including phenoxy) is 4. The lowest BCUT2D eigenvalue weighted by Gasteiger charge is -2.12. The van der Waals surface area contributed by atoms with Gasteiger partial charge in [-0.3, -0.25) is 4.68 Å². The van der Waals surface area contributed by atoms with E-state index in [9.17, 15) is 4.39 Å². The maximum Gasteiger partial charge on any atom is 0.161 e. The molecule has 6 nitrogen and oxygen atoms in total. The number of methoxy groups -OCH3 is 4. The number of benzene rings is 3. The van der Waals surface area contributed by atoms with Crippen molar-refractivity contribution in [2.24, 2.45) is 0 Å². The highest BCUT2D eigenvalue weighted by atomic mass is 79.9. The molecule has 0 fully saturated rings. The molecule has 0 atom stereocenters. The van der Waals surface area contributed by atoms with Crippen LogP contribution in [0.3, 0.4) is 0 Å². The molecule has 1 heterocycles. The predicted octanol–water partition coefficient (Wildman–Crippen LogP) is 6.85. The number of hydrogen-bond donors (Lipinski definition) is 0. The molecule has 4 aromatic rings. The summed E-state index contributed by atoms with van der Waals surface area (Å²) in [6.07, 6.45) is 0. The first kappa shape index (κ1) is 24.9. The van der Waals surface area contributed by atoms with Crippen molar-refractivity contribution in [3.05, 3.63) is 75.5 Å². The minimum atomic E-state index is -0.397. The normalized spacial score (nSPS) is 10.8. The van der Waals surface area contributed by atoms with Crippen molar-refractivity contribution in [2.75, 3.05) is 28.4 Å². The molecule has 35 heavy (non-hydrogen) atoms. The Balaban J connectivity index is 1.91. The van der Waals surface area contributed by atoms with Gasteiger partial charge in [0.25, 0.3) is 0 Å². The third-order valence-electron chi connectivity index (χ3n) is 5.54. The van der Waals surface area contributed by atoms with Gasteiger partial charge in [0, 0.05) is 16.1 Å².